The number of fused-ring (bicyclic) bond motifs is 1. The molecule has 2 aromatic rings. The zero-order valence-electron chi connectivity index (χ0n) is 7.80. The van der Waals surface area contributed by atoms with Gasteiger partial charge in [0.1, 0.15) is 12.2 Å². The summed E-state index contributed by atoms with van der Waals surface area (Å²) in [5, 5.41) is 0.521. The van der Waals surface area contributed by atoms with Gasteiger partial charge in [0.25, 0.3) is 6.47 Å². The van der Waals surface area contributed by atoms with Gasteiger partial charge < -0.3 is 9.15 Å². The highest BCUT2D eigenvalue weighted by atomic mass is 16.5. The minimum absolute atomic E-state index is 0.0842. The van der Waals surface area contributed by atoms with Crippen LogP contribution in [0, 0.1) is 0 Å². The first-order chi connectivity index (χ1) is 7.31. The van der Waals surface area contributed by atoms with Crippen molar-refractivity contribution >= 4 is 17.4 Å². The monoisotopic (exact) mass is 204 g/mol. The van der Waals surface area contributed by atoms with E-state index in [1.165, 1.54) is 12.3 Å². The zero-order valence-corrected chi connectivity index (χ0v) is 7.80. The fourth-order valence-corrected chi connectivity index (χ4v) is 1.35. The van der Waals surface area contributed by atoms with Gasteiger partial charge in [-0.1, -0.05) is 6.07 Å². The molecular formula is C11H8O4. The number of carbonyl (C=O) groups excluding carboxylic acids is 1. The summed E-state index contributed by atoms with van der Waals surface area (Å²) in [6, 6.07) is 6.43. The summed E-state index contributed by atoms with van der Waals surface area (Å²) in [5.74, 6) is 0. The Kier molecular flexibility index (Phi) is 2.49. The van der Waals surface area contributed by atoms with Crippen molar-refractivity contribution in [2.45, 2.75) is 6.61 Å². The van der Waals surface area contributed by atoms with E-state index in [1.807, 2.05) is 0 Å². The molecule has 0 aliphatic rings. The summed E-state index contributed by atoms with van der Waals surface area (Å²) >= 11 is 0. The minimum Gasteiger partial charge on any atom is -0.464 e. The topological polar surface area (TPSA) is 56.5 Å². The van der Waals surface area contributed by atoms with E-state index in [2.05, 4.69) is 4.74 Å². The molecule has 15 heavy (non-hydrogen) atoms. The van der Waals surface area contributed by atoms with E-state index in [9.17, 15) is 9.59 Å². The van der Waals surface area contributed by atoms with Gasteiger partial charge in [-0.25, -0.2) is 0 Å². The predicted molar refractivity (Wildman–Crippen MR) is 53.3 cm³/mol. The molecule has 0 fully saturated rings. The molecule has 4 heteroatoms. The highest BCUT2D eigenvalue weighted by Gasteiger charge is 2.01. The van der Waals surface area contributed by atoms with Crippen LogP contribution in [-0.2, 0) is 16.1 Å². The van der Waals surface area contributed by atoms with E-state index in [-0.39, 0.29) is 12.0 Å². The quantitative estimate of drug-likeness (QED) is 0.710. The summed E-state index contributed by atoms with van der Waals surface area (Å²) in [6.07, 6.45) is 1.34. The first-order valence-electron chi connectivity index (χ1n) is 4.37. The summed E-state index contributed by atoms with van der Waals surface area (Å²) in [5.41, 5.74) is 1.19. The van der Waals surface area contributed by atoms with Crippen LogP contribution in [0.25, 0.3) is 11.0 Å². The minimum atomic E-state index is -0.0842. The molecule has 0 radical (unpaired) electrons. The second-order valence-electron chi connectivity index (χ2n) is 3.02. The van der Waals surface area contributed by atoms with Crippen LogP contribution in [0.1, 0.15) is 5.56 Å². The van der Waals surface area contributed by atoms with Gasteiger partial charge in [-0.15, -0.1) is 0 Å². The van der Waals surface area contributed by atoms with Gasteiger partial charge in [0.15, 0.2) is 5.43 Å². The van der Waals surface area contributed by atoms with Crippen LogP contribution >= 0.6 is 0 Å². The van der Waals surface area contributed by atoms with Crippen LogP contribution in [0.4, 0.5) is 0 Å². The number of hydrogen-bond acceptors (Lipinski definition) is 4. The first-order valence-corrected chi connectivity index (χ1v) is 4.37. The third-order valence-electron chi connectivity index (χ3n) is 2.04. The van der Waals surface area contributed by atoms with Crippen LogP contribution in [0.3, 0.4) is 0 Å². The van der Waals surface area contributed by atoms with Gasteiger partial charge in [-0.2, -0.15) is 0 Å². The van der Waals surface area contributed by atoms with E-state index in [0.717, 1.165) is 5.56 Å². The molecule has 0 amide bonds. The normalized spacial score (nSPS) is 10.1. The first kappa shape index (κ1) is 9.45. The van der Waals surface area contributed by atoms with Gasteiger partial charge in [0.2, 0.25) is 0 Å². The summed E-state index contributed by atoms with van der Waals surface area (Å²) < 4.78 is 9.77. The molecule has 0 saturated carbocycles. The SMILES string of the molecule is O=COCc1ccc2c(=O)ccoc2c1. The van der Waals surface area contributed by atoms with Crippen molar-refractivity contribution in [3.05, 3.63) is 46.3 Å². The van der Waals surface area contributed by atoms with E-state index in [0.29, 0.717) is 17.4 Å². The third-order valence-corrected chi connectivity index (χ3v) is 2.04. The molecule has 1 heterocycles. The van der Waals surface area contributed by atoms with Gasteiger partial charge in [-0.05, 0) is 17.7 Å². The smallest absolute Gasteiger partial charge is 0.293 e. The number of carbonyl (C=O) groups is 1. The molecular weight excluding hydrogens is 196 g/mol. The number of hydrogen-bond donors (Lipinski definition) is 0. The van der Waals surface area contributed by atoms with E-state index >= 15 is 0 Å². The standard InChI is InChI=1S/C11H8O4/c12-7-14-6-8-1-2-9-10(13)3-4-15-11(9)5-8/h1-5,7H,6H2. The molecule has 0 spiro atoms. The Morgan fingerprint density at radius 2 is 2.20 bits per heavy atom. The highest BCUT2D eigenvalue weighted by molar-refractivity contribution is 5.76. The lowest BCUT2D eigenvalue weighted by Crippen LogP contribution is -1.98. The second-order valence-corrected chi connectivity index (χ2v) is 3.02. The Balaban J connectivity index is 2.47. The van der Waals surface area contributed by atoms with Crippen molar-refractivity contribution in [1.29, 1.82) is 0 Å². The van der Waals surface area contributed by atoms with Gasteiger partial charge in [-0.3, -0.25) is 9.59 Å². The van der Waals surface area contributed by atoms with E-state index in [1.54, 1.807) is 18.2 Å². The average Bonchev–Trinajstić information content (AvgIpc) is 2.26. The Labute approximate surface area is 85.1 Å². The summed E-state index contributed by atoms with van der Waals surface area (Å²) in [6.45, 7) is 0.559. The fourth-order valence-electron chi connectivity index (χ4n) is 1.35. The highest BCUT2D eigenvalue weighted by Crippen LogP contribution is 2.12. The maximum Gasteiger partial charge on any atom is 0.293 e. The van der Waals surface area contributed by atoms with Gasteiger partial charge in [0, 0.05) is 6.07 Å². The Morgan fingerprint density at radius 3 is 3.00 bits per heavy atom. The Bertz CT molecular complexity index is 542. The molecule has 1 aromatic carbocycles. The maximum atomic E-state index is 11.4. The molecule has 2 rings (SSSR count). The third kappa shape index (κ3) is 1.88. The molecule has 4 nitrogen and oxygen atoms in total. The van der Waals surface area contributed by atoms with Crippen molar-refractivity contribution in [1.82, 2.24) is 0 Å². The number of ether oxygens (including phenoxy) is 1. The molecule has 0 aliphatic carbocycles. The van der Waals surface area contributed by atoms with E-state index in [4.69, 9.17) is 4.42 Å². The Hall–Kier alpha value is -2.10. The fraction of sp³-hybridized carbons (Fsp3) is 0.0909. The molecule has 0 aliphatic heterocycles. The molecule has 0 atom stereocenters. The molecule has 0 unspecified atom stereocenters. The van der Waals surface area contributed by atoms with E-state index < -0.39 is 0 Å². The van der Waals surface area contributed by atoms with Crippen LogP contribution in [0.2, 0.25) is 0 Å². The largest absolute Gasteiger partial charge is 0.464 e. The molecule has 0 bridgehead atoms. The predicted octanol–water partition coefficient (Wildman–Crippen LogP) is 1.47. The molecule has 76 valence electrons. The molecule has 0 N–H and O–H groups in total. The van der Waals surface area contributed by atoms with Crippen molar-refractivity contribution in [2.24, 2.45) is 0 Å². The van der Waals surface area contributed by atoms with Crippen molar-refractivity contribution in [3.8, 4) is 0 Å². The van der Waals surface area contributed by atoms with Crippen LogP contribution in [0.5, 0.6) is 0 Å². The van der Waals surface area contributed by atoms with Crippen molar-refractivity contribution in [2.75, 3.05) is 0 Å². The lowest BCUT2D eigenvalue weighted by atomic mass is 10.1. The second kappa shape index (κ2) is 3.96. The number of benzene rings is 1. The average molecular weight is 204 g/mol. The summed E-state index contributed by atoms with van der Waals surface area (Å²) in [7, 11) is 0. The zero-order chi connectivity index (χ0) is 10.7. The van der Waals surface area contributed by atoms with Gasteiger partial charge >= 0.3 is 0 Å². The van der Waals surface area contributed by atoms with Crippen LogP contribution in [0.15, 0.2) is 39.7 Å². The van der Waals surface area contributed by atoms with Crippen molar-refractivity contribution in [3.63, 3.8) is 0 Å². The van der Waals surface area contributed by atoms with Crippen molar-refractivity contribution < 1.29 is 13.9 Å². The Morgan fingerprint density at radius 1 is 1.33 bits per heavy atom. The molecule has 0 saturated heterocycles. The van der Waals surface area contributed by atoms with Crippen LogP contribution < -0.4 is 5.43 Å². The lowest BCUT2D eigenvalue weighted by Gasteiger charge is -2.00. The van der Waals surface area contributed by atoms with Crippen LogP contribution in [-0.4, -0.2) is 6.47 Å². The molecule has 1 aromatic heterocycles. The van der Waals surface area contributed by atoms with Gasteiger partial charge in [0.05, 0.1) is 11.6 Å². The number of rotatable bonds is 3. The summed E-state index contributed by atoms with van der Waals surface area (Å²) in [4.78, 5) is 21.4. The maximum absolute atomic E-state index is 11.4. The lowest BCUT2D eigenvalue weighted by molar-refractivity contribution is -0.129.